The maximum absolute atomic E-state index is 12.8. The zero-order chi connectivity index (χ0) is 20.0. The van der Waals surface area contributed by atoms with E-state index >= 15 is 0 Å². The third kappa shape index (κ3) is 5.90. The average molecular weight is 387 g/mol. The van der Waals surface area contributed by atoms with E-state index < -0.39 is 37.1 Å². The van der Waals surface area contributed by atoms with Crippen LogP contribution in [-0.2, 0) is 14.3 Å². The highest BCUT2D eigenvalue weighted by atomic mass is 19.4. The van der Waals surface area contributed by atoms with Crippen LogP contribution in [0.5, 0.6) is 11.5 Å². The monoisotopic (exact) mass is 387 g/mol. The lowest BCUT2D eigenvalue weighted by atomic mass is 9.97. The lowest BCUT2D eigenvalue weighted by molar-refractivity contribution is -0.189. The van der Waals surface area contributed by atoms with E-state index in [1.807, 2.05) is 0 Å². The molecule has 9 heteroatoms. The number of carbonyl (C=O) groups excluding carboxylic acids is 2. The summed E-state index contributed by atoms with van der Waals surface area (Å²) in [6.07, 6.45) is -1.67. The molecule has 1 aromatic carbocycles. The van der Waals surface area contributed by atoms with Gasteiger partial charge in [-0.15, -0.1) is 0 Å². The zero-order valence-corrected chi connectivity index (χ0v) is 14.7. The maximum Gasteiger partial charge on any atom is 0.393 e. The molecule has 0 aromatic heterocycles. The number of amides is 1. The summed E-state index contributed by atoms with van der Waals surface area (Å²) in [5.41, 5.74) is 0.501. The van der Waals surface area contributed by atoms with Crippen molar-refractivity contribution in [1.29, 1.82) is 0 Å². The molecule has 0 spiro atoms. The Balaban J connectivity index is 1.84. The number of ether oxygens (including phenoxy) is 2. The summed E-state index contributed by atoms with van der Waals surface area (Å²) in [7, 11) is 1.40. The van der Waals surface area contributed by atoms with Gasteiger partial charge in [0.15, 0.2) is 18.1 Å². The van der Waals surface area contributed by atoms with Crippen LogP contribution in [0.3, 0.4) is 0 Å². The molecule has 1 aromatic rings. The number of phenols is 1. The van der Waals surface area contributed by atoms with Gasteiger partial charge in [-0.2, -0.15) is 13.2 Å². The number of halogens is 3. The Morgan fingerprint density at radius 2 is 2.11 bits per heavy atom. The summed E-state index contributed by atoms with van der Waals surface area (Å²) >= 11 is 0. The first-order valence-electron chi connectivity index (χ1n) is 8.27. The Hall–Kier alpha value is -2.71. The molecule has 1 saturated heterocycles. The molecule has 1 heterocycles. The Bertz CT molecular complexity index is 717. The Kier molecular flexibility index (Phi) is 6.70. The molecule has 6 nitrogen and oxygen atoms in total. The van der Waals surface area contributed by atoms with Gasteiger partial charge in [-0.1, -0.05) is 6.07 Å². The zero-order valence-electron chi connectivity index (χ0n) is 14.7. The van der Waals surface area contributed by atoms with Crippen molar-refractivity contribution in [3.8, 4) is 11.5 Å². The van der Waals surface area contributed by atoms with Gasteiger partial charge in [0.2, 0.25) is 0 Å². The number of piperidine rings is 1. The second-order valence-electron chi connectivity index (χ2n) is 6.09. The predicted octanol–water partition coefficient (Wildman–Crippen LogP) is 2.76. The molecule has 0 bridgehead atoms. The molecule has 1 aliphatic rings. The standard InChI is InChI=1S/C18H20F3NO5/c1-26-15-6-4-12(9-14(15)23)5-7-17(25)27-11-16(24)22-8-2-3-13(10-22)18(19,20)21/h4-7,9,13,23H,2-3,8,10-11H2,1H3. The van der Waals surface area contributed by atoms with Crippen LogP contribution in [-0.4, -0.2) is 54.9 Å². The van der Waals surface area contributed by atoms with Crippen LogP contribution >= 0.6 is 0 Å². The summed E-state index contributed by atoms with van der Waals surface area (Å²) in [6, 6.07) is 4.48. The van der Waals surface area contributed by atoms with Crippen LogP contribution in [0.2, 0.25) is 0 Å². The molecule has 1 aliphatic heterocycles. The number of alkyl halides is 3. The van der Waals surface area contributed by atoms with Crippen LogP contribution in [0, 0.1) is 5.92 Å². The van der Waals surface area contributed by atoms with E-state index in [9.17, 15) is 27.9 Å². The van der Waals surface area contributed by atoms with E-state index in [4.69, 9.17) is 9.47 Å². The molecular weight excluding hydrogens is 367 g/mol. The van der Waals surface area contributed by atoms with Crippen LogP contribution in [0.4, 0.5) is 13.2 Å². The van der Waals surface area contributed by atoms with Crippen molar-refractivity contribution in [2.24, 2.45) is 5.92 Å². The van der Waals surface area contributed by atoms with Crippen molar-refractivity contribution < 1.29 is 37.3 Å². The number of esters is 1. The van der Waals surface area contributed by atoms with E-state index in [0.717, 1.165) is 11.0 Å². The Morgan fingerprint density at radius 1 is 1.37 bits per heavy atom. The normalized spacial score (nSPS) is 17.8. The van der Waals surface area contributed by atoms with Crippen molar-refractivity contribution in [2.45, 2.75) is 19.0 Å². The first kappa shape index (κ1) is 20.6. The number of nitrogens with zero attached hydrogens (tertiary/aromatic N) is 1. The van der Waals surface area contributed by atoms with Crippen molar-refractivity contribution >= 4 is 18.0 Å². The first-order valence-corrected chi connectivity index (χ1v) is 8.27. The first-order chi connectivity index (χ1) is 12.7. The number of aromatic hydroxyl groups is 1. The molecule has 2 rings (SSSR count). The second kappa shape index (κ2) is 8.79. The van der Waals surface area contributed by atoms with Crippen LogP contribution < -0.4 is 4.74 Å². The number of methoxy groups -OCH3 is 1. The molecule has 1 N–H and O–H groups in total. The quantitative estimate of drug-likeness (QED) is 0.621. The van der Waals surface area contributed by atoms with Gasteiger partial charge in [-0.3, -0.25) is 4.79 Å². The Labute approximate surface area is 154 Å². The molecule has 1 amide bonds. The molecule has 0 radical (unpaired) electrons. The van der Waals surface area contributed by atoms with E-state index in [-0.39, 0.29) is 30.9 Å². The summed E-state index contributed by atoms with van der Waals surface area (Å²) in [4.78, 5) is 24.7. The fourth-order valence-electron chi connectivity index (χ4n) is 2.72. The van der Waals surface area contributed by atoms with Gasteiger partial charge in [0.05, 0.1) is 13.0 Å². The number of rotatable bonds is 5. The van der Waals surface area contributed by atoms with Gasteiger partial charge >= 0.3 is 12.1 Å². The minimum Gasteiger partial charge on any atom is -0.504 e. The third-order valence-electron chi connectivity index (χ3n) is 4.19. The van der Waals surface area contributed by atoms with Gasteiger partial charge in [0.1, 0.15) is 0 Å². The smallest absolute Gasteiger partial charge is 0.393 e. The SMILES string of the molecule is COc1ccc(C=CC(=O)OCC(=O)N2CCCC(C(F)(F)F)C2)cc1O. The fourth-order valence-corrected chi connectivity index (χ4v) is 2.72. The largest absolute Gasteiger partial charge is 0.504 e. The molecule has 27 heavy (non-hydrogen) atoms. The minimum absolute atomic E-state index is 0.00941. The minimum atomic E-state index is -4.34. The lowest BCUT2D eigenvalue weighted by Gasteiger charge is -2.33. The summed E-state index contributed by atoms with van der Waals surface area (Å²) in [5, 5.41) is 9.65. The summed E-state index contributed by atoms with van der Waals surface area (Å²) in [5.74, 6) is -2.85. The molecule has 1 fully saturated rings. The third-order valence-corrected chi connectivity index (χ3v) is 4.19. The summed E-state index contributed by atoms with van der Waals surface area (Å²) in [6.45, 7) is -0.827. The highest BCUT2D eigenvalue weighted by Gasteiger charge is 2.42. The van der Waals surface area contributed by atoms with E-state index in [1.165, 1.54) is 25.3 Å². The lowest BCUT2D eigenvalue weighted by Crippen LogP contribution is -2.46. The van der Waals surface area contributed by atoms with Gasteiger partial charge in [0, 0.05) is 19.2 Å². The van der Waals surface area contributed by atoms with E-state index in [2.05, 4.69) is 0 Å². The second-order valence-corrected chi connectivity index (χ2v) is 6.09. The van der Waals surface area contributed by atoms with Gasteiger partial charge in [0.25, 0.3) is 5.91 Å². The number of benzene rings is 1. The Morgan fingerprint density at radius 3 is 2.74 bits per heavy atom. The molecule has 0 saturated carbocycles. The molecular formula is C18H20F3NO5. The number of likely N-dealkylation sites (tertiary alicyclic amines) is 1. The molecule has 0 aliphatic carbocycles. The van der Waals surface area contributed by atoms with Crippen molar-refractivity contribution in [3.63, 3.8) is 0 Å². The number of hydrogen-bond donors (Lipinski definition) is 1. The molecule has 1 atom stereocenters. The van der Waals surface area contributed by atoms with Crippen molar-refractivity contribution in [3.05, 3.63) is 29.8 Å². The highest BCUT2D eigenvalue weighted by molar-refractivity contribution is 5.89. The number of carbonyl (C=O) groups is 2. The van der Waals surface area contributed by atoms with Crippen molar-refractivity contribution in [1.82, 2.24) is 4.90 Å². The molecule has 1 unspecified atom stereocenters. The highest BCUT2D eigenvalue weighted by Crippen LogP contribution is 2.33. The van der Waals surface area contributed by atoms with Gasteiger partial charge in [-0.05, 0) is 36.6 Å². The fraction of sp³-hybridized carbons (Fsp3) is 0.444. The average Bonchev–Trinajstić information content (AvgIpc) is 2.64. The topological polar surface area (TPSA) is 76.1 Å². The van der Waals surface area contributed by atoms with Crippen LogP contribution in [0.15, 0.2) is 24.3 Å². The maximum atomic E-state index is 12.8. The summed E-state index contributed by atoms with van der Waals surface area (Å²) < 4.78 is 48.0. The van der Waals surface area contributed by atoms with Gasteiger partial charge in [-0.25, -0.2) is 4.79 Å². The number of phenolic OH excluding ortho intramolecular Hbond substituents is 1. The number of hydrogen-bond acceptors (Lipinski definition) is 5. The van der Waals surface area contributed by atoms with Crippen LogP contribution in [0.1, 0.15) is 18.4 Å². The predicted molar refractivity (Wildman–Crippen MR) is 90.0 cm³/mol. The van der Waals surface area contributed by atoms with E-state index in [1.54, 1.807) is 6.07 Å². The van der Waals surface area contributed by atoms with Crippen molar-refractivity contribution in [2.75, 3.05) is 26.8 Å². The van der Waals surface area contributed by atoms with Gasteiger partial charge < -0.3 is 19.5 Å². The van der Waals surface area contributed by atoms with E-state index in [0.29, 0.717) is 5.56 Å². The van der Waals surface area contributed by atoms with Crippen LogP contribution in [0.25, 0.3) is 6.08 Å². The molecule has 148 valence electrons.